The Hall–Kier alpha value is -1.78. The van der Waals surface area contributed by atoms with Crippen LogP contribution in [0.1, 0.15) is 23.7 Å². The summed E-state index contributed by atoms with van der Waals surface area (Å²) < 4.78 is 5.64. The van der Waals surface area contributed by atoms with E-state index in [0.29, 0.717) is 12.6 Å². The lowest BCUT2D eigenvalue weighted by molar-refractivity contribution is 0.104. The van der Waals surface area contributed by atoms with Gasteiger partial charge in [0, 0.05) is 36.1 Å². The number of benzene rings is 1. The van der Waals surface area contributed by atoms with E-state index in [1.54, 1.807) is 0 Å². The molecule has 2 N–H and O–H groups in total. The maximum atomic E-state index is 8.91. The number of nitrogens with zero attached hydrogens (tertiary/aromatic N) is 1. The van der Waals surface area contributed by atoms with Crippen LogP contribution >= 0.6 is 0 Å². The summed E-state index contributed by atoms with van der Waals surface area (Å²) in [6.07, 6.45) is 4.15. The molecule has 0 spiro atoms. The van der Waals surface area contributed by atoms with Crippen molar-refractivity contribution in [1.29, 1.82) is 0 Å². The number of H-pyrrole nitrogens is 1. The Balaban J connectivity index is 1.69. The first-order valence-corrected chi connectivity index (χ1v) is 7.63. The van der Waals surface area contributed by atoms with E-state index >= 15 is 0 Å². The van der Waals surface area contributed by atoms with Gasteiger partial charge in [-0.1, -0.05) is 18.2 Å². The Labute approximate surface area is 124 Å². The third-order valence-corrected chi connectivity index (χ3v) is 4.60. The highest BCUT2D eigenvalue weighted by Crippen LogP contribution is 2.39. The van der Waals surface area contributed by atoms with Gasteiger partial charge in [0.15, 0.2) is 0 Å². The molecule has 4 nitrogen and oxygen atoms in total. The van der Waals surface area contributed by atoms with Crippen molar-refractivity contribution >= 4 is 10.9 Å². The average Bonchev–Trinajstić information content (AvgIpc) is 2.92. The molecule has 0 saturated heterocycles. The predicted octanol–water partition coefficient (Wildman–Crippen LogP) is 2.36. The quantitative estimate of drug-likeness (QED) is 0.909. The number of hydrogen-bond donors (Lipinski definition) is 2. The summed E-state index contributed by atoms with van der Waals surface area (Å²) in [7, 11) is 0. The van der Waals surface area contributed by atoms with Crippen LogP contribution in [0.25, 0.3) is 10.9 Å². The van der Waals surface area contributed by atoms with E-state index in [9.17, 15) is 0 Å². The van der Waals surface area contributed by atoms with E-state index in [0.717, 1.165) is 31.7 Å². The molecular formula is C17H20N2O2. The van der Waals surface area contributed by atoms with Gasteiger partial charge in [0.1, 0.15) is 6.61 Å². The smallest absolute Gasteiger partial charge is 0.111 e. The van der Waals surface area contributed by atoms with Crippen LogP contribution in [0.2, 0.25) is 0 Å². The lowest BCUT2D eigenvalue weighted by atomic mass is 9.93. The third-order valence-electron chi connectivity index (χ3n) is 4.60. The summed E-state index contributed by atoms with van der Waals surface area (Å²) in [5.74, 6) is 1.01. The van der Waals surface area contributed by atoms with Crippen molar-refractivity contribution in [3.63, 3.8) is 0 Å². The molecule has 3 heterocycles. The van der Waals surface area contributed by atoms with Crippen LogP contribution in [0, 0.1) is 0 Å². The second kappa shape index (κ2) is 5.20. The molecule has 2 aliphatic rings. The van der Waals surface area contributed by atoms with E-state index in [-0.39, 0.29) is 6.61 Å². The van der Waals surface area contributed by atoms with Crippen LogP contribution in [-0.2, 0) is 11.2 Å². The number of aromatic nitrogens is 1. The highest BCUT2D eigenvalue weighted by atomic mass is 16.5. The van der Waals surface area contributed by atoms with Gasteiger partial charge in [-0.25, -0.2) is 0 Å². The molecule has 0 bridgehead atoms. The summed E-state index contributed by atoms with van der Waals surface area (Å²) in [6.45, 7) is 2.49. The number of ether oxygens (including phenoxy) is 1. The predicted molar refractivity (Wildman–Crippen MR) is 82.1 cm³/mol. The molecule has 0 aliphatic carbocycles. The SMILES string of the molecule is OCCOC1=CCN2CCc3c([nH]c4ccccc34)C2C1. The Kier molecular flexibility index (Phi) is 3.20. The molecule has 4 rings (SSSR count). The van der Waals surface area contributed by atoms with Crippen LogP contribution in [0.3, 0.4) is 0 Å². The first-order valence-electron chi connectivity index (χ1n) is 7.63. The molecule has 0 amide bonds. The summed E-state index contributed by atoms with van der Waals surface area (Å²) in [6, 6.07) is 8.93. The van der Waals surface area contributed by atoms with Gasteiger partial charge in [0.25, 0.3) is 0 Å². The fourth-order valence-corrected chi connectivity index (χ4v) is 3.61. The Morgan fingerprint density at radius 1 is 1.33 bits per heavy atom. The van der Waals surface area contributed by atoms with Gasteiger partial charge in [0.05, 0.1) is 18.4 Å². The molecule has 1 unspecified atom stereocenters. The zero-order valence-corrected chi connectivity index (χ0v) is 12.0. The molecule has 4 heteroatoms. The van der Waals surface area contributed by atoms with Gasteiger partial charge >= 0.3 is 0 Å². The summed E-state index contributed by atoms with van der Waals surface area (Å²) in [5.41, 5.74) is 4.05. The molecule has 1 aromatic heterocycles. The lowest BCUT2D eigenvalue weighted by Gasteiger charge is -2.38. The standard InChI is InChI=1S/C17H20N2O2/c20-9-10-21-12-5-7-19-8-6-14-13-3-1-2-4-15(13)18-17(14)16(19)11-12/h1-5,16,18,20H,6-11H2. The fourth-order valence-electron chi connectivity index (χ4n) is 3.61. The van der Waals surface area contributed by atoms with Crippen LogP contribution < -0.4 is 0 Å². The summed E-state index contributed by atoms with van der Waals surface area (Å²) in [4.78, 5) is 6.12. The van der Waals surface area contributed by atoms with Gasteiger partial charge in [-0.3, -0.25) is 4.90 Å². The van der Waals surface area contributed by atoms with Crippen LogP contribution in [0.15, 0.2) is 36.1 Å². The third kappa shape index (κ3) is 2.15. The van der Waals surface area contributed by atoms with Crippen molar-refractivity contribution in [2.75, 3.05) is 26.3 Å². The van der Waals surface area contributed by atoms with Crippen LogP contribution in [-0.4, -0.2) is 41.3 Å². The van der Waals surface area contributed by atoms with Crippen molar-refractivity contribution in [3.8, 4) is 0 Å². The number of hydrogen-bond acceptors (Lipinski definition) is 3. The van der Waals surface area contributed by atoms with Crippen LogP contribution in [0.5, 0.6) is 0 Å². The van der Waals surface area contributed by atoms with Crippen LogP contribution in [0.4, 0.5) is 0 Å². The van der Waals surface area contributed by atoms with E-state index in [4.69, 9.17) is 9.84 Å². The molecule has 1 atom stereocenters. The van der Waals surface area contributed by atoms with Gasteiger partial charge in [-0.15, -0.1) is 0 Å². The maximum absolute atomic E-state index is 8.91. The normalized spacial score (nSPS) is 21.8. The minimum absolute atomic E-state index is 0.0728. The molecule has 1 aromatic carbocycles. The number of aliphatic hydroxyl groups excluding tert-OH is 1. The van der Waals surface area contributed by atoms with Crippen molar-refractivity contribution in [1.82, 2.24) is 9.88 Å². The zero-order valence-electron chi connectivity index (χ0n) is 12.0. The highest BCUT2D eigenvalue weighted by Gasteiger charge is 2.33. The number of fused-ring (bicyclic) bond motifs is 5. The second-order valence-electron chi connectivity index (χ2n) is 5.77. The molecule has 0 radical (unpaired) electrons. The van der Waals surface area contributed by atoms with E-state index in [2.05, 4.69) is 40.2 Å². The second-order valence-corrected chi connectivity index (χ2v) is 5.77. The first kappa shape index (κ1) is 12.9. The molecule has 110 valence electrons. The maximum Gasteiger partial charge on any atom is 0.111 e. The number of nitrogens with one attached hydrogen (secondary N) is 1. The minimum atomic E-state index is 0.0728. The van der Waals surface area contributed by atoms with E-state index < -0.39 is 0 Å². The Bertz CT molecular complexity index is 689. The minimum Gasteiger partial charge on any atom is -0.496 e. The van der Waals surface area contributed by atoms with Crippen molar-refractivity contribution in [2.45, 2.75) is 18.9 Å². The van der Waals surface area contributed by atoms with Gasteiger partial charge in [-0.05, 0) is 24.1 Å². The molecule has 0 saturated carbocycles. The topological polar surface area (TPSA) is 48.5 Å². The molecule has 2 aliphatic heterocycles. The lowest BCUT2D eigenvalue weighted by Crippen LogP contribution is -2.38. The zero-order chi connectivity index (χ0) is 14.2. The molecule has 0 fully saturated rings. The molecule has 21 heavy (non-hydrogen) atoms. The summed E-state index contributed by atoms with van der Waals surface area (Å²) in [5, 5.41) is 10.3. The Morgan fingerprint density at radius 2 is 2.24 bits per heavy atom. The average molecular weight is 284 g/mol. The van der Waals surface area contributed by atoms with Gasteiger partial charge in [0.2, 0.25) is 0 Å². The molecular weight excluding hydrogens is 264 g/mol. The van der Waals surface area contributed by atoms with Crippen molar-refractivity contribution in [2.24, 2.45) is 0 Å². The monoisotopic (exact) mass is 284 g/mol. The number of aliphatic hydroxyl groups is 1. The number of rotatable bonds is 3. The Morgan fingerprint density at radius 3 is 3.14 bits per heavy atom. The van der Waals surface area contributed by atoms with Crippen molar-refractivity contribution < 1.29 is 9.84 Å². The number of para-hydroxylation sites is 1. The number of aromatic amines is 1. The van der Waals surface area contributed by atoms with E-state index in [1.807, 2.05) is 0 Å². The largest absolute Gasteiger partial charge is 0.496 e. The van der Waals surface area contributed by atoms with Gasteiger partial charge < -0.3 is 14.8 Å². The first-order chi connectivity index (χ1) is 10.4. The van der Waals surface area contributed by atoms with Gasteiger partial charge in [-0.2, -0.15) is 0 Å². The van der Waals surface area contributed by atoms with Crippen molar-refractivity contribution in [3.05, 3.63) is 47.4 Å². The molecule has 2 aromatic rings. The summed E-state index contributed by atoms with van der Waals surface area (Å²) >= 11 is 0. The van der Waals surface area contributed by atoms with E-state index in [1.165, 1.54) is 22.2 Å². The fraction of sp³-hybridized carbons (Fsp3) is 0.412. The highest BCUT2D eigenvalue weighted by molar-refractivity contribution is 5.85.